The fourth-order valence-electron chi connectivity index (χ4n) is 1.37. The van der Waals surface area contributed by atoms with Gasteiger partial charge in [0.05, 0.1) is 7.11 Å². The first-order chi connectivity index (χ1) is 9.13. The van der Waals surface area contributed by atoms with Crippen molar-refractivity contribution in [1.29, 1.82) is 0 Å². The third-order valence-electron chi connectivity index (χ3n) is 2.22. The van der Waals surface area contributed by atoms with E-state index >= 15 is 0 Å². The second-order valence-corrected chi connectivity index (χ2v) is 3.37. The quantitative estimate of drug-likeness (QED) is 0.617. The minimum absolute atomic E-state index is 0.161. The van der Waals surface area contributed by atoms with Gasteiger partial charge in [0.15, 0.2) is 11.5 Å². The third-order valence-corrected chi connectivity index (χ3v) is 2.22. The van der Waals surface area contributed by atoms with Crippen LogP contribution in [0.3, 0.4) is 0 Å². The van der Waals surface area contributed by atoms with E-state index in [4.69, 9.17) is 14.6 Å². The van der Waals surface area contributed by atoms with E-state index in [1.54, 1.807) is 18.2 Å². The molecule has 0 bridgehead atoms. The van der Waals surface area contributed by atoms with Crippen LogP contribution >= 0.6 is 0 Å². The molecule has 0 fully saturated rings. The highest BCUT2D eigenvalue weighted by atomic mass is 16.6. The van der Waals surface area contributed by atoms with Gasteiger partial charge in [-0.15, -0.1) is 10.2 Å². The summed E-state index contributed by atoms with van der Waals surface area (Å²) in [7, 11) is 1.42. The normalized spacial score (nSPS) is 9.95. The van der Waals surface area contributed by atoms with Crippen LogP contribution in [-0.2, 0) is 0 Å². The van der Waals surface area contributed by atoms with E-state index in [0.717, 1.165) is 0 Å². The molecular weight excluding hydrogens is 254 g/mol. The van der Waals surface area contributed by atoms with Crippen molar-refractivity contribution in [3.05, 3.63) is 35.7 Å². The van der Waals surface area contributed by atoms with Crippen LogP contribution < -0.4 is 9.47 Å². The number of benzene rings is 1. The fraction of sp³-hybridized carbons (Fsp3) is 0.0909. The molecule has 1 heterocycles. The molecule has 2 rings (SSSR count). The van der Waals surface area contributed by atoms with Crippen molar-refractivity contribution in [2.24, 2.45) is 0 Å². The zero-order valence-electron chi connectivity index (χ0n) is 9.78. The molecule has 2 N–H and O–H groups in total. The summed E-state index contributed by atoms with van der Waals surface area (Å²) in [5.74, 6) is -1.80. The van der Waals surface area contributed by atoms with Crippen LogP contribution in [0.4, 0.5) is 0 Å². The number of aromatic carboxylic acids is 1. The molecular formula is C11H9N3O5. The zero-order chi connectivity index (χ0) is 13.8. The van der Waals surface area contributed by atoms with Crippen LogP contribution in [0.25, 0.3) is 0 Å². The first-order valence-corrected chi connectivity index (χ1v) is 5.12. The van der Waals surface area contributed by atoms with Gasteiger partial charge in [-0.3, -0.25) is 0 Å². The number of carboxylic acids is 1. The predicted octanol–water partition coefficient (Wildman–Crippen LogP) is 0.731. The number of nitrogens with zero attached hydrogens (tertiary/aromatic N) is 2. The number of para-hydroxylation sites is 2. The Bertz CT molecular complexity index is 622. The van der Waals surface area contributed by atoms with Gasteiger partial charge >= 0.3 is 11.9 Å². The van der Waals surface area contributed by atoms with Crippen LogP contribution in [0.2, 0.25) is 0 Å². The van der Waals surface area contributed by atoms with E-state index in [9.17, 15) is 9.59 Å². The lowest BCUT2D eigenvalue weighted by atomic mass is 10.3. The molecule has 0 amide bonds. The molecule has 0 saturated heterocycles. The Labute approximate surface area is 107 Å². The first kappa shape index (κ1) is 12.6. The maximum absolute atomic E-state index is 11.8. The van der Waals surface area contributed by atoms with Gasteiger partial charge in [-0.2, -0.15) is 5.21 Å². The highest BCUT2D eigenvalue weighted by Crippen LogP contribution is 2.26. The molecule has 98 valence electrons. The Hall–Kier alpha value is -2.90. The summed E-state index contributed by atoms with van der Waals surface area (Å²) in [6.07, 6.45) is 0. The van der Waals surface area contributed by atoms with E-state index in [-0.39, 0.29) is 5.75 Å². The van der Waals surface area contributed by atoms with Crippen molar-refractivity contribution < 1.29 is 24.2 Å². The van der Waals surface area contributed by atoms with Crippen molar-refractivity contribution in [3.8, 4) is 11.5 Å². The topological polar surface area (TPSA) is 114 Å². The number of hydrogen-bond donors (Lipinski definition) is 2. The SMILES string of the molecule is COc1ccccc1OC(=O)c1n[nH]nc1C(=O)O. The molecule has 19 heavy (non-hydrogen) atoms. The lowest BCUT2D eigenvalue weighted by Crippen LogP contribution is -2.14. The minimum Gasteiger partial charge on any atom is -0.493 e. The number of carboxylic acid groups (broad SMARTS) is 1. The van der Waals surface area contributed by atoms with Gasteiger partial charge in [0, 0.05) is 0 Å². The largest absolute Gasteiger partial charge is 0.493 e. The van der Waals surface area contributed by atoms with Crippen LogP contribution in [0.15, 0.2) is 24.3 Å². The highest BCUT2D eigenvalue weighted by molar-refractivity contribution is 6.00. The molecule has 0 aliphatic carbocycles. The molecule has 0 saturated carbocycles. The number of esters is 1. The molecule has 0 atom stereocenters. The van der Waals surface area contributed by atoms with Gasteiger partial charge in [-0.1, -0.05) is 12.1 Å². The lowest BCUT2D eigenvalue weighted by Gasteiger charge is -2.07. The standard InChI is InChI=1S/C11H9N3O5/c1-18-6-4-2-3-5-7(6)19-11(17)9-8(10(15)16)12-14-13-9/h2-5H,1H3,(H,15,16)(H,12,13,14). The van der Waals surface area contributed by atoms with Crippen molar-refractivity contribution in [2.75, 3.05) is 7.11 Å². The Kier molecular flexibility index (Phi) is 3.42. The molecule has 8 nitrogen and oxygen atoms in total. The van der Waals surface area contributed by atoms with Crippen LogP contribution in [0, 0.1) is 0 Å². The van der Waals surface area contributed by atoms with Gasteiger partial charge in [-0.05, 0) is 12.1 Å². The molecule has 1 aromatic carbocycles. The van der Waals surface area contributed by atoms with E-state index in [2.05, 4.69) is 15.4 Å². The summed E-state index contributed by atoms with van der Waals surface area (Å²) >= 11 is 0. The lowest BCUT2D eigenvalue weighted by molar-refractivity contribution is 0.0659. The predicted molar refractivity (Wildman–Crippen MR) is 61.3 cm³/mol. The van der Waals surface area contributed by atoms with Crippen LogP contribution in [-0.4, -0.2) is 39.6 Å². The van der Waals surface area contributed by atoms with Gasteiger partial charge in [0.1, 0.15) is 0 Å². The summed E-state index contributed by atoms with van der Waals surface area (Å²) in [6.45, 7) is 0. The van der Waals surface area contributed by atoms with Crippen molar-refractivity contribution in [3.63, 3.8) is 0 Å². The molecule has 0 unspecified atom stereocenters. The molecule has 2 aromatic rings. The number of methoxy groups -OCH3 is 1. The number of H-pyrrole nitrogens is 1. The number of nitrogens with one attached hydrogen (secondary N) is 1. The number of aromatic nitrogens is 3. The number of carbonyl (C=O) groups is 2. The number of carbonyl (C=O) groups excluding carboxylic acids is 1. The number of aromatic amines is 1. The smallest absolute Gasteiger partial charge is 0.367 e. The first-order valence-electron chi connectivity index (χ1n) is 5.12. The summed E-state index contributed by atoms with van der Waals surface area (Å²) < 4.78 is 10.0. The van der Waals surface area contributed by atoms with Gasteiger partial charge in [0.2, 0.25) is 11.4 Å². The molecule has 0 aliphatic heterocycles. The summed E-state index contributed by atoms with van der Waals surface area (Å²) in [5, 5.41) is 17.7. The van der Waals surface area contributed by atoms with Crippen LogP contribution in [0.5, 0.6) is 11.5 Å². The summed E-state index contributed by atoms with van der Waals surface area (Å²) in [4.78, 5) is 22.6. The molecule has 1 aromatic heterocycles. The van der Waals surface area contributed by atoms with Crippen LogP contribution in [0.1, 0.15) is 21.0 Å². The Morgan fingerprint density at radius 2 is 1.79 bits per heavy atom. The highest BCUT2D eigenvalue weighted by Gasteiger charge is 2.24. The van der Waals surface area contributed by atoms with Gasteiger partial charge in [0.25, 0.3) is 0 Å². The number of hydrogen-bond acceptors (Lipinski definition) is 6. The van der Waals surface area contributed by atoms with E-state index in [1.807, 2.05) is 0 Å². The fourth-order valence-corrected chi connectivity index (χ4v) is 1.37. The maximum atomic E-state index is 11.8. The van der Waals surface area contributed by atoms with Gasteiger partial charge in [-0.25, -0.2) is 9.59 Å². The second kappa shape index (κ2) is 5.17. The monoisotopic (exact) mass is 263 g/mol. The second-order valence-electron chi connectivity index (χ2n) is 3.37. The average Bonchev–Trinajstić information content (AvgIpc) is 2.88. The Morgan fingerprint density at radius 1 is 1.16 bits per heavy atom. The van der Waals surface area contributed by atoms with Crippen molar-refractivity contribution >= 4 is 11.9 Å². The van der Waals surface area contributed by atoms with E-state index in [0.29, 0.717) is 5.75 Å². The van der Waals surface area contributed by atoms with Crippen molar-refractivity contribution in [1.82, 2.24) is 15.4 Å². The van der Waals surface area contributed by atoms with Gasteiger partial charge < -0.3 is 14.6 Å². The Morgan fingerprint density at radius 3 is 2.42 bits per heavy atom. The Balaban J connectivity index is 2.26. The summed E-state index contributed by atoms with van der Waals surface area (Å²) in [5.41, 5.74) is -0.904. The molecule has 0 spiro atoms. The average molecular weight is 263 g/mol. The number of ether oxygens (including phenoxy) is 2. The maximum Gasteiger partial charge on any atom is 0.367 e. The molecule has 0 radical (unpaired) electrons. The van der Waals surface area contributed by atoms with E-state index < -0.39 is 23.3 Å². The number of rotatable bonds is 4. The summed E-state index contributed by atoms with van der Waals surface area (Å²) in [6, 6.07) is 6.46. The van der Waals surface area contributed by atoms with Crippen molar-refractivity contribution in [2.45, 2.75) is 0 Å². The minimum atomic E-state index is -1.37. The molecule has 0 aliphatic rings. The zero-order valence-corrected chi connectivity index (χ0v) is 9.78. The van der Waals surface area contributed by atoms with E-state index in [1.165, 1.54) is 13.2 Å². The molecule has 8 heteroatoms. The third kappa shape index (κ3) is 2.51.